The third-order valence-electron chi connectivity index (χ3n) is 6.47. The second kappa shape index (κ2) is 9.00. The zero-order valence-electron chi connectivity index (χ0n) is 18.0. The molecule has 2 aliphatic rings. The van der Waals surface area contributed by atoms with Crippen LogP contribution in [0.2, 0.25) is 0 Å². The van der Waals surface area contributed by atoms with E-state index in [1.807, 2.05) is 51.1 Å². The summed E-state index contributed by atoms with van der Waals surface area (Å²) in [5.41, 5.74) is 2.61. The lowest BCUT2D eigenvalue weighted by atomic mass is 9.69. The van der Waals surface area contributed by atoms with Gasteiger partial charge in [0.15, 0.2) is 0 Å². The highest BCUT2D eigenvalue weighted by Crippen LogP contribution is 2.45. The number of aryl methyl sites for hydroxylation is 2. The molecule has 0 spiro atoms. The molecule has 3 N–H and O–H groups in total. The Labute approximate surface area is 177 Å². The van der Waals surface area contributed by atoms with E-state index in [1.54, 1.807) is 7.05 Å². The van der Waals surface area contributed by atoms with Crippen LogP contribution in [0.25, 0.3) is 0 Å². The highest BCUT2D eigenvalue weighted by Gasteiger charge is 2.56. The van der Waals surface area contributed by atoms with E-state index in [-0.39, 0.29) is 36.8 Å². The van der Waals surface area contributed by atoms with Gasteiger partial charge in [-0.15, -0.1) is 0 Å². The van der Waals surface area contributed by atoms with Gasteiger partial charge in [-0.2, -0.15) is 0 Å². The first-order chi connectivity index (χ1) is 14.3. The van der Waals surface area contributed by atoms with E-state index >= 15 is 0 Å². The second-order valence-electron chi connectivity index (χ2n) is 8.16. The summed E-state index contributed by atoms with van der Waals surface area (Å²) in [4.78, 5) is 40.8. The fraction of sp³-hybridized carbons (Fsp3) is 0.522. The number of para-hydroxylation sites is 1. The van der Waals surface area contributed by atoms with Crippen molar-refractivity contribution in [1.29, 1.82) is 0 Å². The monoisotopic (exact) mass is 413 g/mol. The number of carbonyl (C=O) groups is 3. The average Bonchev–Trinajstić information content (AvgIpc) is 3.01. The predicted octanol–water partition coefficient (Wildman–Crippen LogP) is 1.64. The molecule has 0 saturated carbocycles. The first kappa shape index (κ1) is 22.0. The Morgan fingerprint density at radius 1 is 1.13 bits per heavy atom. The van der Waals surface area contributed by atoms with Gasteiger partial charge in [0.2, 0.25) is 17.7 Å². The van der Waals surface area contributed by atoms with Crippen LogP contribution in [0.3, 0.4) is 0 Å². The lowest BCUT2D eigenvalue weighted by Crippen LogP contribution is -2.45. The quantitative estimate of drug-likeness (QED) is 0.618. The first-order valence-corrected chi connectivity index (χ1v) is 10.5. The molecule has 1 aliphatic heterocycles. The summed E-state index contributed by atoms with van der Waals surface area (Å²) in [5, 5.41) is 15.2. The van der Waals surface area contributed by atoms with Gasteiger partial charge in [0.05, 0.1) is 18.4 Å². The number of likely N-dealkylation sites (tertiary alicyclic amines) is 1. The lowest BCUT2D eigenvalue weighted by molar-refractivity contribution is -0.140. The van der Waals surface area contributed by atoms with Crippen molar-refractivity contribution >= 4 is 23.4 Å². The Bertz CT molecular complexity index is 846. The van der Waals surface area contributed by atoms with Crippen LogP contribution in [0.1, 0.15) is 24.5 Å². The normalized spacial score (nSPS) is 27.7. The van der Waals surface area contributed by atoms with Gasteiger partial charge in [0, 0.05) is 25.2 Å². The van der Waals surface area contributed by atoms with Gasteiger partial charge in [-0.3, -0.25) is 14.4 Å². The summed E-state index contributed by atoms with van der Waals surface area (Å²) < 4.78 is 0. The van der Waals surface area contributed by atoms with Crippen molar-refractivity contribution in [2.45, 2.75) is 33.2 Å². The minimum atomic E-state index is -0.769. The summed E-state index contributed by atoms with van der Waals surface area (Å²) in [6.07, 6.45) is 4.61. The molecule has 0 bridgehead atoms. The molecule has 1 aromatic rings. The third-order valence-corrected chi connectivity index (χ3v) is 6.47. The molecule has 7 nitrogen and oxygen atoms in total. The number of carbonyl (C=O) groups excluding carboxylic acids is 3. The van der Waals surface area contributed by atoms with Crippen molar-refractivity contribution in [3.05, 3.63) is 41.5 Å². The molecular formula is C23H31N3O4. The summed E-state index contributed by atoms with van der Waals surface area (Å²) in [7, 11) is 1.57. The molecule has 1 aliphatic carbocycles. The molecule has 0 aromatic heterocycles. The Hall–Kier alpha value is -2.67. The molecule has 1 fully saturated rings. The first-order valence-electron chi connectivity index (χ1n) is 10.5. The maximum Gasteiger partial charge on any atom is 0.247 e. The number of aliphatic hydroxyl groups is 1. The van der Waals surface area contributed by atoms with Crippen LogP contribution in [0.15, 0.2) is 30.4 Å². The second-order valence-corrected chi connectivity index (χ2v) is 8.16. The molecule has 3 rings (SSSR count). The summed E-state index contributed by atoms with van der Waals surface area (Å²) in [6.45, 7) is 5.64. The van der Waals surface area contributed by atoms with Crippen molar-refractivity contribution < 1.29 is 19.5 Å². The SMILES string of the molecule is CC[C@@H]1C=C[C@H]2[C@H](C(=O)N(CCO)[C@@H]2C(=O)Nc2c(C)cccc2C)[C@@H]1C(=O)NC. The molecular weight excluding hydrogens is 382 g/mol. The maximum absolute atomic E-state index is 13.4. The average molecular weight is 414 g/mol. The number of allylic oxidation sites excluding steroid dienone is 1. The van der Waals surface area contributed by atoms with Crippen LogP contribution in [-0.2, 0) is 14.4 Å². The van der Waals surface area contributed by atoms with Crippen LogP contribution in [0.5, 0.6) is 0 Å². The highest BCUT2D eigenvalue weighted by molar-refractivity contribution is 6.02. The zero-order valence-corrected chi connectivity index (χ0v) is 18.0. The van der Waals surface area contributed by atoms with E-state index in [2.05, 4.69) is 10.6 Å². The molecule has 1 heterocycles. The Kier molecular flexibility index (Phi) is 6.61. The van der Waals surface area contributed by atoms with Crippen LogP contribution >= 0.6 is 0 Å². The number of nitrogens with one attached hydrogen (secondary N) is 2. The Balaban J connectivity index is 1.99. The van der Waals surface area contributed by atoms with E-state index in [1.165, 1.54) is 4.90 Å². The molecule has 162 valence electrons. The van der Waals surface area contributed by atoms with E-state index in [4.69, 9.17) is 0 Å². The van der Waals surface area contributed by atoms with Gasteiger partial charge < -0.3 is 20.6 Å². The molecule has 0 unspecified atom stereocenters. The van der Waals surface area contributed by atoms with Gasteiger partial charge >= 0.3 is 0 Å². The lowest BCUT2D eigenvalue weighted by Gasteiger charge is -2.33. The fourth-order valence-electron chi connectivity index (χ4n) is 4.97. The van der Waals surface area contributed by atoms with Gasteiger partial charge in [0.1, 0.15) is 6.04 Å². The number of fused-ring (bicyclic) bond motifs is 1. The molecule has 5 atom stereocenters. The number of aliphatic hydroxyl groups excluding tert-OH is 1. The molecule has 3 amide bonds. The maximum atomic E-state index is 13.4. The predicted molar refractivity (Wildman–Crippen MR) is 115 cm³/mol. The number of nitrogens with zero attached hydrogens (tertiary/aromatic N) is 1. The van der Waals surface area contributed by atoms with Crippen LogP contribution in [0, 0.1) is 37.5 Å². The van der Waals surface area contributed by atoms with Gasteiger partial charge in [-0.25, -0.2) is 0 Å². The van der Waals surface area contributed by atoms with Crippen molar-refractivity contribution in [3.63, 3.8) is 0 Å². The fourth-order valence-corrected chi connectivity index (χ4v) is 4.97. The zero-order chi connectivity index (χ0) is 22.0. The minimum absolute atomic E-state index is 0.0573. The number of amides is 3. The van der Waals surface area contributed by atoms with Crippen molar-refractivity contribution in [1.82, 2.24) is 10.2 Å². The number of hydrogen-bond acceptors (Lipinski definition) is 4. The minimum Gasteiger partial charge on any atom is -0.395 e. The van der Waals surface area contributed by atoms with Crippen LogP contribution < -0.4 is 10.6 Å². The van der Waals surface area contributed by atoms with E-state index < -0.39 is 23.8 Å². The number of benzene rings is 1. The van der Waals surface area contributed by atoms with Gasteiger partial charge in [-0.05, 0) is 37.3 Å². The molecule has 1 aromatic carbocycles. The van der Waals surface area contributed by atoms with Crippen molar-refractivity contribution in [3.8, 4) is 0 Å². The molecule has 7 heteroatoms. The molecule has 0 radical (unpaired) electrons. The van der Waals surface area contributed by atoms with E-state index in [0.29, 0.717) is 0 Å². The number of β-amino-alcohol motifs (C(OH)–C–C–N with tert-alkyl or cyclic N) is 1. The van der Waals surface area contributed by atoms with Crippen LogP contribution in [0.4, 0.5) is 5.69 Å². The highest BCUT2D eigenvalue weighted by atomic mass is 16.3. The summed E-state index contributed by atoms with van der Waals surface area (Å²) >= 11 is 0. The molecule has 30 heavy (non-hydrogen) atoms. The third kappa shape index (κ3) is 3.74. The van der Waals surface area contributed by atoms with Crippen molar-refractivity contribution in [2.75, 3.05) is 25.5 Å². The smallest absolute Gasteiger partial charge is 0.247 e. The number of anilines is 1. The number of hydrogen-bond donors (Lipinski definition) is 3. The Morgan fingerprint density at radius 3 is 2.37 bits per heavy atom. The largest absolute Gasteiger partial charge is 0.395 e. The van der Waals surface area contributed by atoms with E-state index in [9.17, 15) is 19.5 Å². The summed E-state index contributed by atoms with van der Waals surface area (Å²) in [6, 6.07) is 5.00. The topological polar surface area (TPSA) is 98.7 Å². The number of rotatable bonds is 6. The molecule has 1 saturated heterocycles. The Morgan fingerprint density at radius 2 is 1.80 bits per heavy atom. The van der Waals surface area contributed by atoms with Crippen molar-refractivity contribution in [2.24, 2.45) is 23.7 Å². The van der Waals surface area contributed by atoms with Gasteiger partial charge in [-0.1, -0.05) is 37.3 Å². The van der Waals surface area contributed by atoms with Crippen LogP contribution in [-0.4, -0.2) is 54.0 Å². The standard InChI is InChI=1S/C23H31N3O4/c1-5-15-9-10-16-18(17(15)21(28)24-4)23(30)26(11-12-27)20(16)22(29)25-19-13(2)7-6-8-14(19)3/h6-10,15-18,20,27H,5,11-12H2,1-4H3,(H,24,28)(H,25,29)/t15-,16+,17-,18+,20+/m1/s1. The summed E-state index contributed by atoms with van der Waals surface area (Å²) in [5.74, 6) is -2.34. The van der Waals surface area contributed by atoms with Gasteiger partial charge in [0.25, 0.3) is 0 Å². The van der Waals surface area contributed by atoms with E-state index in [0.717, 1.165) is 23.2 Å².